The molecule has 1 aliphatic rings. The predicted octanol–water partition coefficient (Wildman–Crippen LogP) is 2.34. The minimum absolute atomic E-state index is 0.0358. The van der Waals surface area contributed by atoms with Crippen LogP contribution in [0.2, 0.25) is 0 Å². The fourth-order valence-electron chi connectivity index (χ4n) is 2.87. The lowest BCUT2D eigenvalue weighted by Crippen LogP contribution is -2.54. The van der Waals surface area contributed by atoms with Gasteiger partial charge in [-0.25, -0.2) is 0 Å². The zero-order chi connectivity index (χ0) is 15.5. The highest BCUT2D eigenvalue weighted by Gasteiger charge is 2.32. The molecule has 0 saturated carbocycles. The van der Waals surface area contributed by atoms with Gasteiger partial charge in [-0.15, -0.1) is 0 Å². The van der Waals surface area contributed by atoms with Crippen molar-refractivity contribution in [3.63, 3.8) is 0 Å². The molecule has 1 fully saturated rings. The van der Waals surface area contributed by atoms with Crippen LogP contribution in [0.5, 0.6) is 0 Å². The van der Waals surface area contributed by atoms with Crippen LogP contribution in [0.4, 0.5) is 0 Å². The molecule has 1 aromatic carbocycles. The molecule has 2 rings (SSSR count). The highest BCUT2D eigenvalue weighted by Crippen LogP contribution is 2.24. The molecular weight excluding hydrogens is 334 g/mol. The van der Waals surface area contributed by atoms with Gasteiger partial charge in [0.05, 0.1) is 24.4 Å². The van der Waals surface area contributed by atoms with Crippen LogP contribution in [0.15, 0.2) is 28.7 Å². The van der Waals surface area contributed by atoms with Gasteiger partial charge in [0, 0.05) is 24.1 Å². The van der Waals surface area contributed by atoms with Gasteiger partial charge >= 0.3 is 0 Å². The van der Waals surface area contributed by atoms with Crippen molar-refractivity contribution in [2.75, 3.05) is 26.2 Å². The Balaban J connectivity index is 1.90. The van der Waals surface area contributed by atoms with E-state index in [-0.39, 0.29) is 18.3 Å². The van der Waals surface area contributed by atoms with Gasteiger partial charge in [0.15, 0.2) is 0 Å². The van der Waals surface area contributed by atoms with Crippen LogP contribution in [-0.2, 0) is 4.74 Å². The van der Waals surface area contributed by atoms with Crippen LogP contribution >= 0.6 is 15.9 Å². The summed E-state index contributed by atoms with van der Waals surface area (Å²) in [4.78, 5) is 2.26. The molecule has 0 radical (unpaired) electrons. The number of morpholine rings is 1. The van der Waals surface area contributed by atoms with Crippen molar-refractivity contribution in [3.8, 4) is 0 Å². The maximum Gasteiger partial charge on any atom is 0.0940 e. The summed E-state index contributed by atoms with van der Waals surface area (Å²) >= 11 is 3.42. The molecule has 0 aromatic heterocycles. The molecule has 0 amide bonds. The Morgan fingerprint density at radius 3 is 2.90 bits per heavy atom. The van der Waals surface area contributed by atoms with Gasteiger partial charge in [-0.2, -0.15) is 0 Å². The first-order valence-corrected chi connectivity index (χ1v) is 8.13. The summed E-state index contributed by atoms with van der Waals surface area (Å²) in [7, 11) is 0. The Morgan fingerprint density at radius 1 is 1.48 bits per heavy atom. The third-order valence-corrected chi connectivity index (χ3v) is 4.20. The number of ether oxygens (including phenoxy) is 1. The van der Waals surface area contributed by atoms with Crippen LogP contribution in [0, 0.1) is 0 Å². The Labute approximate surface area is 134 Å². The number of aliphatic hydroxyl groups excluding tert-OH is 2. The lowest BCUT2D eigenvalue weighted by Gasteiger charge is -2.42. The summed E-state index contributed by atoms with van der Waals surface area (Å²) in [5.74, 6) is 0. The summed E-state index contributed by atoms with van der Waals surface area (Å²) in [6, 6.07) is 7.77. The van der Waals surface area contributed by atoms with Gasteiger partial charge in [-0.1, -0.05) is 28.1 Å². The summed E-state index contributed by atoms with van der Waals surface area (Å²) < 4.78 is 6.78. The van der Waals surface area contributed by atoms with Crippen LogP contribution in [0.1, 0.15) is 31.9 Å². The number of benzene rings is 1. The number of nitrogens with zero attached hydrogens (tertiary/aromatic N) is 1. The highest BCUT2D eigenvalue weighted by molar-refractivity contribution is 9.10. The molecule has 21 heavy (non-hydrogen) atoms. The second kappa shape index (κ2) is 7.20. The average Bonchev–Trinajstić information content (AvgIpc) is 2.43. The van der Waals surface area contributed by atoms with E-state index in [0.717, 1.165) is 23.1 Å². The molecule has 2 unspecified atom stereocenters. The molecule has 118 valence electrons. The second-order valence-electron chi connectivity index (χ2n) is 6.28. The molecule has 1 heterocycles. The smallest absolute Gasteiger partial charge is 0.0940 e. The van der Waals surface area contributed by atoms with Crippen molar-refractivity contribution in [3.05, 3.63) is 34.3 Å². The number of hydrogen-bond acceptors (Lipinski definition) is 4. The zero-order valence-electron chi connectivity index (χ0n) is 12.6. The van der Waals surface area contributed by atoms with Crippen LogP contribution < -0.4 is 0 Å². The molecule has 2 N–H and O–H groups in total. The number of rotatable bonds is 5. The molecule has 4 nitrogen and oxygen atoms in total. The van der Waals surface area contributed by atoms with E-state index in [1.54, 1.807) is 0 Å². The molecule has 1 saturated heterocycles. The number of halogens is 1. The lowest BCUT2D eigenvalue weighted by molar-refractivity contribution is -0.149. The first kappa shape index (κ1) is 16.9. The maximum absolute atomic E-state index is 10.3. The van der Waals surface area contributed by atoms with E-state index in [0.29, 0.717) is 13.0 Å². The van der Waals surface area contributed by atoms with Crippen molar-refractivity contribution in [2.24, 2.45) is 0 Å². The van der Waals surface area contributed by atoms with Crippen molar-refractivity contribution in [2.45, 2.75) is 38.1 Å². The number of hydrogen-bond donors (Lipinski definition) is 2. The summed E-state index contributed by atoms with van der Waals surface area (Å²) in [6.07, 6.45) is 0.0582. The van der Waals surface area contributed by atoms with Crippen LogP contribution in [0.25, 0.3) is 0 Å². The van der Waals surface area contributed by atoms with Crippen LogP contribution in [-0.4, -0.2) is 53.1 Å². The van der Waals surface area contributed by atoms with Gasteiger partial charge in [0.25, 0.3) is 0 Å². The van der Waals surface area contributed by atoms with Crippen molar-refractivity contribution >= 4 is 15.9 Å². The van der Waals surface area contributed by atoms with E-state index in [2.05, 4.69) is 20.8 Å². The molecule has 0 spiro atoms. The fourth-order valence-corrected chi connectivity index (χ4v) is 3.28. The third kappa shape index (κ3) is 5.04. The second-order valence-corrected chi connectivity index (χ2v) is 7.19. The quantitative estimate of drug-likeness (QED) is 0.849. The summed E-state index contributed by atoms with van der Waals surface area (Å²) in [5.41, 5.74) is 0.669. The first-order chi connectivity index (χ1) is 9.89. The SMILES string of the molecule is CC1(C)CN(CCC(O)c2cccc(Br)c2)CC(CO)O1. The Kier molecular flexibility index (Phi) is 5.80. The largest absolute Gasteiger partial charge is 0.394 e. The molecule has 2 atom stereocenters. The molecule has 5 heteroatoms. The standard InChI is InChI=1S/C16H24BrNO3/c1-16(2)11-18(9-14(10-19)21-16)7-6-15(20)12-4-3-5-13(17)8-12/h3-5,8,14-15,19-20H,6-7,9-11H2,1-2H3. The molecule has 0 bridgehead atoms. The van der Waals surface area contributed by atoms with Crippen molar-refractivity contribution in [1.29, 1.82) is 0 Å². The third-order valence-electron chi connectivity index (χ3n) is 3.71. The van der Waals surface area contributed by atoms with Crippen molar-refractivity contribution < 1.29 is 14.9 Å². The average molecular weight is 358 g/mol. The van der Waals surface area contributed by atoms with E-state index in [1.165, 1.54) is 0 Å². The van der Waals surface area contributed by atoms with Gasteiger partial charge in [0.2, 0.25) is 0 Å². The Hall–Kier alpha value is -0.460. The predicted molar refractivity (Wildman–Crippen MR) is 86.2 cm³/mol. The topological polar surface area (TPSA) is 52.9 Å². The van der Waals surface area contributed by atoms with Gasteiger partial charge in [-0.3, -0.25) is 4.90 Å². The summed E-state index contributed by atoms with van der Waals surface area (Å²) in [6.45, 7) is 6.42. The molecule has 0 aliphatic carbocycles. The summed E-state index contributed by atoms with van der Waals surface area (Å²) in [5, 5.41) is 19.6. The van der Waals surface area contributed by atoms with Gasteiger partial charge in [-0.05, 0) is 38.0 Å². The van der Waals surface area contributed by atoms with Crippen LogP contribution in [0.3, 0.4) is 0 Å². The Morgan fingerprint density at radius 2 is 2.24 bits per heavy atom. The molecule has 1 aliphatic heterocycles. The van der Waals surface area contributed by atoms with Gasteiger partial charge < -0.3 is 14.9 Å². The van der Waals surface area contributed by atoms with E-state index < -0.39 is 6.10 Å². The minimum atomic E-state index is -0.471. The normalized spacial score (nSPS) is 24.0. The Bertz CT molecular complexity index is 467. The van der Waals surface area contributed by atoms with Gasteiger partial charge in [0.1, 0.15) is 0 Å². The molecule has 1 aromatic rings. The zero-order valence-corrected chi connectivity index (χ0v) is 14.2. The van der Waals surface area contributed by atoms with Crippen molar-refractivity contribution in [1.82, 2.24) is 4.90 Å². The van der Waals surface area contributed by atoms with E-state index >= 15 is 0 Å². The first-order valence-electron chi connectivity index (χ1n) is 7.34. The highest BCUT2D eigenvalue weighted by atomic mass is 79.9. The minimum Gasteiger partial charge on any atom is -0.394 e. The van der Waals surface area contributed by atoms with E-state index in [9.17, 15) is 10.2 Å². The van der Waals surface area contributed by atoms with E-state index in [4.69, 9.17) is 4.74 Å². The number of aliphatic hydroxyl groups is 2. The monoisotopic (exact) mass is 357 g/mol. The lowest BCUT2D eigenvalue weighted by atomic mass is 10.0. The fraction of sp³-hybridized carbons (Fsp3) is 0.625. The molecular formula is C16H24BrNO3. The maximum atomic E-state index is 10.3. The van der Waals surface area contributed by atoms with E-state index in [1.807, 2.05) is 38.1 Å².